The summed E-state index contributed by atoms with van der Waals surface area (Å²) < 4.78 is 38.5. The summed E-state index contributed by atoms with van der Waals surface area (Å²) in [7, 11) is 0. The number of alkyl halides is 3. The van der Waals surface area contributed by atoms with Gasteiger partial charge >= 0.3 is 6.18 Å². The molecule has 1 amide bonds. The van der Waals surface area contributed by atoms with E-state index in [1.807, 2.05) is 41.3 Å². The summed E-state index contributed by atoms with van der Waals surface area (Å²) in [5.74, 6) is 0.101. The molecule has 1 aliphatic heterocycles. The van der Waals surface area contributed by atoms with Gasteiger partial charge in [0.2, 0.25) is 0 Å². The fraction of sp³-hybridized carbons (Fsp3) is 0.214. The van der Waals surface area contributed by atoms with Crippen molar-refractivity contribution in [2.45, 2.75) is 24.9 Å². The molecule has 0 unspecified atom stereocenters. The molecule has 0 saturated carbocycles. The van der Waals surface area contributed by atoms with Crippen LogP contribution in [-0.2, 0) is 6.18 Å². The predicted octanol–water partition coefficient (Wildman–Crippen LogP) is 7.67. The summed E-state index contributed by atoms with van der Waals surface area (Å²) >= 11 is 6.07. The maximum absolute atomic E-state index is 13.0. The highest BCUT2D eigenvalue weighted by Crippen LogP contribution is 2.33. The molecule has 36 heavy (non-hydrogen) atoms. The fourth-order valence-electron chi connectivity index (χ4n) is 4.62. The highest BCUT2D eigenvalue weighted by atomic mass is 35.5. The summed E-state index contributed by atoms with van der Waals surface area (Å²) in [6.07, 6.45) is -1.18. The highest BCUT2D eigenvalue weighted by molar-refractivity contribution is 6.31. The maximum Gasteiger partial charge on any atom is 0.416 e. The van der Waals surface area contributed by atoms with Gasteiger partial charge in [0.1, 0.15) is 0 Å². The Balaban J connectivity index is 1.21. The first-order chi connectivity index (χ1) is 17.3. The lowest BCUT2D eigenvalue weighted by Gasteiger charge is -2.32. The van der Waals surface area contributed by atoms with E-state index in [4.69, 9.17) is 11.6 Å². The van der Waals surface area contributed by atoms with Gasteiger partial charge in [0.25, 0.3) is 5.91 Å². The number of benzene rings is 3. The normalized spacial score (nSPS) is 14.7. The van der Waals surface area contributed by atoms with Crippen LogP contribution in [0.15, 0.2) is 79.0 Å². The molecule has 0 aliphatic carbocycles. The molecule has 0 atom stereocenters. The van der Waals surface area contributed by atoms with Gasteiger partial charge in [0, 0.05) is 46.6 Å². The minimum Gasteiger partial charge on any atom is -0.355 e. The molecule has 3 aromatic carbocycles. The first-order valence-corrected chi connectivity index (χ1v) is 12.0. The standard InChI is InChI=1S/C28H23ClF3N3O/c29-22-7-10-24-25(11-14-33-26(24)17-22)34-23-8-3-20(4-9-23)27(36)35-15-12-19(13-16-35)18-1-5-21(6-2-18)28(30,31)32/h1-11,14,17,19H,12-13,15-16H2,(H,33,34). The summed E-state index contributed by atoms with van der Waals surface area (Å²) in [5.41, 5.74) is 3.37. The van der Waals surface area contributed by atoms with Gasteiger partial charge in [0.15, 0.2) is 0 Å². The zero-order valence-corrected chi connectivity index (χ0v) is 20.0. The van der Waals surface area contributed by atoms with Gasteiger partial charge < -0.3 is 10.2 Å². The van der Waals surface area contributed by atoms with E-state index in [0.717, 1.165) is 52.8 Å². The Kier molecular flexibility index (Phi) is 6.58. The van der Waals surface area contributed by atoms with Crippen molar-refractivity contribution in [3.05, 3.63) is 101 Å². The Hall–Kier alpha value is -3.58. The maximum atomic E-state index is 13.0. The average Bonchev–Trinajstić information content (AvgIpc) is 2.88. The smallest absolute Gasteiger partial charge is 0.355 e. The number of aromatic nitrogens is 1. The molecule has 1 aromatic heterocycles. The van der Waals surface area contributed by atoms with Crippen LogP contribution < -0.4 is 5.32 Å². The first kappa shape index (κ1) is 24.1. The molecule has 0 radical (unpaired) electrons. The molecule has 2 heterocycles. The molecular formula is C28H23ClF3N3O. The number of anilines is 2. The van der Waals surface area contributed by atoms with Gasteiger partial charge in [-0.25, -0.2) is 0 Å². The SMILES string of the molecule is O=C(c1ccc(Nc2ccnc3cc(Cl)ccc23)cc1)N1CCC(c2ccc(C(F)(F)F)cc2)CC1. The third-order valence-corrected chi connectivity index (χ3v) is 6.84. The lowest BCUT2D eigenvalue weighted by atomic mass is 9.88. The van der Waals surface area contributed by atoms with Crippen LogP contribution in [0.2, 0.25) is 5.02 Å². The van der Waals surface area contributed by atoms with Crippen molar-refractivity contribution < 1.29 is 18.0 Å². The van der Waals surface area contributed by atoms with Crippen molar-refractivity contribution in [2.75, 3.05) is 18.4 Å². The summed E-state index contributed by atoms with van der Waals surface area (Å²) in [4.78, 5) is 19.2. The summed E-state index contributed by atoms with van der Waals surface area (Å²) in [6.45, 7) is 1.13. The lowest BCUT2D eigenvalue weighted by Crippen LogP contribution is -2.37. The minimum atomic E-state index is -4.33. The Morgan fingerprint density at radius 2 is 1.64 bits per heavy atom. The molecule has 1 saturated heterocycles. The van der Waals surface area contributed by atoms with Crippen molar-refractivity contribution in [2.24, 2.45) is 0 Å². The Labute approximate surface area is 211 Å². The van der Waals surface area contributed by atoms with Crippen molar-refractivity contribution in [1.29, 1.82) is 0 Å². The topological polar surface area (TPSA) is 45.2 Å². The number of carbonyl (C=O) groups excluding carboxylic acids is 1. The van der Waals surface area contributed by atoms with Crippen LogP contribution in [0, 0.1) is 0 Å². The van der Waals surface area contributed by atoms with Crippen molar-refractivity contribution in [1.82, 2.24) is 9.88 Å². The number of hydrogen-bond acceptors (Lipinski definition) is 3. The summed E-state index contributed by atoms with van der Waals surface area (Å²) in [6, 6.07) is 20.1. The minimum absolute atomic E-state index is 0.0450. The molecule has 4 nitrogen and oxygen atoms in total. The van der Waals surface area contributed by atoms with Crippen LogP contribution in [0.5, 0.6) is 0 Å². The van der Waals surface area contributed by atoms with E-state index in [-0.39, 0.29) is 11.8 Å². The number of hydrogen-bond donors (Lipinski definition) is 1. The van der Waals surface area contributed by atoms with Crippen LogP contribution in [-0.4, -0.2) is 28.9 Å². The van der Waals surface area contributed by atoms with Crippen molar-refractivity contribution in [3.63, 3.8) is 0 Å². The van der Waals surface area contributed by atoms with E-state index in [0.29, 0.717) is 23.7 Å². The third kappa shape index (κ3) is 5.16. The predicted molar refractivity (Wildman–Crippen MR) is 136 cm³/mol. The van der Waals surface area contributed by atoms with E-state index in [1.54, 1.807) is 30.5 Å². The second-order valence-electron chi connectivity index (χ2n) is 8.91. The molecule has 184 valence electrons. The molecular weight excluding hydrogens is 487 g/mol. The number of pyridine rings is 1. The van der Waals surface area contributed by atoms with Gasteiger partial charge in [-0.05, 0) is 85.0 Å². The summed E-state index contributed by atoms with van der Waals surface area (Å²) in [5, 5.41) is 4.94. The van der Waals surface area contributed by atoms with Crippen molar-refractivity contribution in [3.8, 4) is 0 Å². The third-order valence-electron chi connectivity index (χ3n) is 6.61. The lowest BCUT2D eigenvalue weighted by molar-refractivity contribution is -0.137. The molecule has 1 aliphatic rings. The Bertz CT molecular complexity index is 1380. The first-order valence-electron chi connectivity index (χ1n) is 11.7. The molecule has 4 aromatic rings. The van der Waals surface area contributed by atoms with Crippen LogP contribution in [0.25, 0.3) is 10.9 Å². The number of fused-ring (bicyclic) bond motifs is 1. The highest BCUT2D eigenvalue weighted by Gasteiger charge is 2.31. The van der Waals surface area contributed by atoms with Crippen LogP contribution >= 0.6 is 11.6 Å². The number of nitrogens with one attached hydrogen (secondary N) is 1. The molecule has 1 fully saturated rings. The quantitative estimate of drug-likeness (QED) is 0.307. The van der Waals surface area contributed by atoms with Gasteiger partial charge in [-0.1, -0.05) is 23.7 Å². The second-order valence-corrected chi connectivity index (χ2v) is 9.35. The van der Waals surface area contributed by atoms with E-state index in [2.05, 4.69) is 10.3 Å². The molecule has 0 spiro atoms. The number of rotatable bonds is 4. The number of piperidine rings is 1. The Morgan fingerprint density at radius 1 is 0.944 bits per heavy atom. The zero-order chi connectivity index (χ0) is 25.3. The fourth-order valence-corrected chi connectivity index (χ4v) is 4.79. The number of halogens is 4. The molecule has 8 heteroatoms. The monoisotopic (exact) mass is 509 g/mol. The van der Waals surface area contributed by atoms with E-state index >= 15 is 0 Å². The van der Waals surface area contributed by atoms with Gasteiger partial charge in [-0.15, -0.1) is 0 Å². The average molecular weight is 510 g/mol. The van der Waals surface area contributed by atoms with Crippen molar-refractivity contribution >= 4 is 39.8 Å². The number of likely N-dealkylation sites (tertiary alicyclic amines) is 1. The van der Waals surface area contributed by atoms with E-state index in [9.17, 15) is 18.0 Å². The largest absolute Gasteiger partial charge is 0.416 e. The van der Waals surface area contributed by atoms with Crippen LogP contribution in [0.4, 0.5) is 24.5 Å². The molecule has 5 rings (SSSR count). The number of nitrogens with zero attached hydrogens (tertiary/aromatic N) is 2. The van der Waals surface area contributed by atoms with Gasteiger partial charge in [0.05, 0.1) is 11.1 Å². The van der Waals surface area contributed by atoms with E-state index in [1.165, 1.54) is 0 Å². The number of amides is 1. The van der Waals surface area contributed by atoms with Gasteiger partial charge in [-0.3, -0.25) is 9.78 Å². The van der Waals surface area contributed by atoms with E-state index < -0.39 is 11.7 Å². The van der Waals surface area contributed by atoms with Crippen LogP contribution in [0.1, 0.15) is 40.2 Å². The van der Waals surface area contributed by atoms with Crippen LogP contribution in [0.3, 0.4) is 0 Å². The molecule has 1 N–H and O–H groups in total. The second kappa shape index (κ2) is 9.82. The number of carbonyl (C=O) groups is 1. The zero-order valence-electron chi connectivity index (χ0n) is 19.2. The Morgan fingerprint density at radius 3 is 2.31 bits per heavy atom. The molecule has 0 bridgehead atoms. The van der Waals surface area contributed by atoms with Gasteiger partial charge in [-0.2, -0.15) is 13.2 Å².